The first-order valence-electron chi connectivity index (χ1n) is 10.6. The maximum absolute atomic E-state index is 13.0. The Hall–Kier alpha value is -3.68. The number of hydrogen-bond acceptors (Lipinski definition) is 5. The number of rotatable bonds is 6. The van der Waals surface area contributed by atoms with Crippen LogP contribution >= 0.6 is 0 Å². The summed E-state index contributed by atoms with van der Waals surface area (Å²) in [5.74, 6) is -1.17. The van der Waals surface area contributed by atoms with E-state index in [1.807, 2.05) is 30.3 Å². The van der Waals surface area contributed by atoms with Crippen molar-refractivity contribution in [3.63, 3.8) is 0 Å². The molecule has 2 heterocycles. The van der Waals surface area contributed by atoms with Crippen LogP contribution in [0.25, 0.3) is 0 Å². The SMILES string of the molecule is COc1ccc(N2C[C@H](C(=O)N3CC(=O)N(CCc4ccccc4)C(=O)C3)CC2=O)cc1. The summed E-state index contributed by atoms with van der Waals surface area (Å²) in [5, 5.41) is 0. The number of ether oxygens (including phenoxy) is 1. The molecule has 2 aromatic carbocycles. The van der Waals surface area contributed by atoms with Gasteiger partial charge in [0.05, 0.1) is 13.0 Å². The molecule has 0 spiro atoms. The van der Waals surface area contributed by atoms with Gasteiger partial charge in [-0.15, -0.1) is 0 Å². The molecular formula is C24H25N3O5. The molecule has 2 saturated heterocycles. The van der Waals surface area contributed by atoms with E-state index in [4.69, 9.17) is 4.74 Å². The number of amides is 4. The third kappa shape index (κ3) is 4.49. The molecule has 2 aromatic rings. The van der Waals surface area contributed by atoms with Gasteiger partial charge in [0, 0.05) is 25.2 Å². The number of hydrogen-bond donors (Lipinski definition) is 0. The molecule has 32 heavy (non-hydrogen) atoms. The van der Waals surface area contributed by atoms with E-state index in [0.29, 0.717) is 17.9 Å². The number of methoxy groups -OCH3 is 1. The molecule has 0 saturated carbocycles. The van der Waals surface area contributed by atoms with E-state index in [-0.39, 0.29) is 56.2 Å². The van der Waals surface area contributed by atoms with Gasteiger partial charge in [-0.05, 0) is 36.2 Å². The minimum atomic E-state index is -0.582. The lowest BCUT2D eigenvalue weighted by molar-refractivity contribution is -0.157. The van der Waals surface area contributed by atoms with Crippen molar-refractivity contribution >= 4 is 29.3 Å². The molecule has 0 bridgehead atoms. The highest BCUT2D eigenvalue weighted by Gasteiger charge is 2.41. The second kappa shape index (κ2) is 9.21. The quantitative estimate of drug-likeness (QED) is 0.642. The molecule has 4 rings (SSSR count). The molecule has 4 amide bonds. The number of nitrogens with zero attached hydrogens (tertiary/aromatic N) is 3. The molecule has 8 heteroatoms. The predicted octanol–water partition coefficient (Wildman–Crippen LogP) is 1.49. The lowest BCUT2D eigenvalue weighted by atomic mass is 10.1. The fraction of sp³-hybridized carbons (Fsp3) is 0.333. The average molecular weight is 435 g/mol. The summed E-state index contributed by atoms with van der Waals surface area (Å²) in [4.78, 5) is 54.7. The molecular weight excluding hydrogens is 410 g/mol. The van der Waals surface area contributed by atoms with Crippen LogP contribution in [0.15, 0.2) is 54.6 Å². The summed E-state index contributed by atoms with van der Waals surface area (Å²) in [6.07, 6.45) is 0.627. The van der Waals surface area contributed by atoms with Crippen molar-refractivity contribution in [2.75, 3.05) is 38.2 Å². The van der Waals surface area contributed by atoms with E-state index < -0.39 is 5.92 Å². The first kappa shape index (κ1) is 21.5. The lowest BCUT2D eigenvalue weighted by Crippen LogP contribution is -2.57. The number of carbonyl (C=O) groups excluding carboxylic acids is 4. The van der Waals surface area contributed by atoms with Gasteiger partial charge in [-0.1, -0.05) is 30.3 Å². The van der Waals surface area contributed by atoms with Gasteiger partial charge < -0.3 is 14.5 Å². The summed E-state index contributed by atoms with van der Waals surface area (Å²) < 4.78 is 5.14. The fourth-order valence-corrected chi connectivity index (χ4v) is 4.13. The number of piperazine rings is 1. The standard InChI is InChI=1S/C24H25N3O5/c1-32-20-9-7-19(8-10-20)27-14-18(13-21(27)28)24(31)25-15-22(29)26(23(30)16-25)12-11-17-5-3-2-4-6-17/h2-10,18H,11-16H2,1H3/t18-/m1/s1. The van der Waals surface area contributed by atoms with Gasteiger partial charge in [0.2, 0.25) is 23.6 Å². The summed E-state index contributed by atoms with van der Waals surface area (Å²) in [5.41, 5.74) is 1.72. The van der Waals surface area contributed by atoms with Gasteiger partial charge in [-0.3, -0.25) is 24.1 Å². The molecule has 2 fully saturated rings. The number of anilines is 1. The summed E-state index contributed by atoms with van der Waals surface area (Å²) in [6.45, 7) is 0.219. The zero-order valence-corrected chi connectivity index (χ0v) is 17.9. The Morgan fingerprint density at radius 1 is 0.938 bits per heavy atom. The van der Waals surface area contributed by atoms with Crippen LogP contribution < -0.4 is 9.64 Å². The third-order valence-electron chi connectivity index (χ3n) is 5.89. The second-order valence-electron chi connectivity index (χ2n) is 7.97. The number of carbonyl (C=O) groups is 4. The van der Waals surface area contributed by atoms with Crippen molar-refractivity contribution in [1.82, 2.24) is 9.80 Å². The van der Waals surface area contributed by atoms with Crippen LogP contribution in [0.5, 0.6) is 5.75 Å². The maximum Gasteiger partial charge on any atom is 0.248 e. The van der Waals surface area contributed by atoms with Crippen LogP contribution in [0.1, 0.15) is 12.0 Å². The van der Waals surface area contributed by atoms with Crippen LogP contribution in [0, 0.1) is 5.92 Å². The molecule has 0 aliphatic carbocycles. The molecule has 2 aliphatic heterocycles. The van der Waals surface area contributed by atoms with Gasteiger partial charge >= 0.3 is 0 Å². The zero-order chi connectivity index (χ0) is 22.7. The van der Waals surface area contributed by atoms with Gasteiger partial charge in [-0.25, -0.2) is 0 Å². The highest BCUT2D eigenvalue weighted by atomic mass is 16.5. The van der Waals surface area contributed by atoms with E-state index in [9.17, 15) is 19.2 Å². The van der Waals surface area contributed by atoms with Crippen molar-refractivity contribution in [2.24, 2.45) is 5.92 Å². The Labute approximate surface area is 186 Å². The molecule has 166 valence electrons. The smallest absolute Gasteiger partial charge is 0.248 e. The fourth-order valence-electron chi connectivity index (χ4n) is 4.13. The van der Waals surface area contributed by atoms with Gasteiger partial charge in [-0.2, -0.15) is 0 Å². The largest absolute Gasteiger partial charge is 0.497 e. The highest BCUT2D eigenvalue weighted by Crippen LogP contribution is 2.28. The Morgan fingerprint density at radius 3 is 2.22 bits per heavy atom. The zero-order valence-electron chi connectivity index (χ0n) is 17.9. The van der Waals surface area contributed by atoms with E-state index in [0.717, 1.165) is 5.56 Å². The maximum atomic E-state index is 13.0. The molecule has 2 aliphatic rings. The lowest BCUT2D eigenvalue weighted by Gasteiger charge is -2.33. The monoisotopic (exact) mass is 435 g/mol. The number of benzene rings is 2. The molecule has 0 N–H and O–H groups in total. The topological polar surface area (TPSA) is 87.2 Å². The minimum absolute atomic E-state index is 0.0570. The molecule has 0 unspecified atom stereocenters. The molecule has 0 aromatic heterocycles. The normalized spacial score (nSPS) is 19.0. The Balaban J connectivity index is 1.36. The number of imide groups is 1. The highest BCUT2D eigenvalue weighted by molar-refractivity contribution is 6.05. The van der Waals surface area contributed by atoms with Crippen LogP contribution in [0.2, 0.25) is 0 Å². The van der Waals surface area contributed by atoms with Crippen molar-refractivity contribution in [2.45, 2.75) is 12.8 Å². The van der Waals surface area contributed by atoms with Gasteiger partial charge in [0.25, 0.3) is 0 Å². The van der Waals surface area contributed by atoms with Crippen LogP contribution in [-0.4, -0.2) is 66.7 Å². The molecule has 8 nitrogen and oxygen atoms in total. The molecule has 1 atom stereocenters. The average Bonchev–Trinajstić information content (AvgIpc) is 3.20. The van der Waals surface area contributed by atoms with E-state index >= 15 is 0 Å². The summed E-state index contributed by atoms with van der Waals surface area (Å²) in [7, 11) is 1.56. The van der Waals surface area contributed by atoms with Crippen LogP contribution in [-0.2, 0) is 25.6 Å². The summed E-state index contributed by atoms with van der Waals surface area (Å²) in [6, 6.07) is 16.7. The second-order valence-corrected chi connectivity index (χ2v) is 7.97. The van der Waals surface area contributed by atoms with E-state index in [2.05, 4.69) is 0 Å². The minimum Gasteiger partial charge on any atom is -0.497 e. The Morgan fingerprint density at radius 2 is 1.59 bits per heavy atom. The Bertz CT molecular complexity index is 1000. The third-order valence-corrected chi connectivity index (χ3v) is 5.89. The van der Waals surface area contributed by atoms with Gasteiger partial charge in [0.1, 0.15) is 18.8 Å². The first-order chi connectivity index (χ1) is 15.5. The van der Waals surface area contributed by atoms with Crippen LogP contribution in [0.3, 0.4) is 0 Å². The molecule has 0 radical (unpaired) electrons. The first-order valence-corrected chi connectivity index (χ1v) is 10.6. The Kier molecular flexibility index (Phi) is 6.20. The summed E-state index contributed by atoms with van der Waals surface area (Å²) >= 11 is 0. The predicted molar refractivity (Wildman–Crippen MR) is 117 cm³/mol. The van der Waals surface area contributed by atoms with Crippen molar-refractivity contribution < 1.29 is 23.9 Å². The van der Waals surface area contributed by atoms with Crippen molar-refractivity contribution in [3.8, 4) is 5.75 Å². The van der Waals surface area contributed by atoms with Gasteiger partial charge in [0.15, 0.2) is 0 Å². The van der Waals surface area contributed by atoms with E-state index in [1.54, 1.807) is 36.3 Å². The van der Waals surface area contributed by atoms with Crippen molar-refractivity contribution in [3.05, 3.63) is 60.2 Å². The van der Waals surface area contributed by atoms with Crippen molar-refractivity contribution in [1.29, 1.82) is 0 Å². The van der Waals surface area contributed by atoms with Crippen LogP contribution in [0.4, 0.5) is 5.69 Å². The van der Waals surface area contributed by atoms with E-state index in [1.165, 1.54) is 9.80 Å².